The van der Waals surface area contributed by atoms with Crippen LogP contribution in [-0.4, -0.2) is 24.7 Å². The SMILES string of the molecule is CCC(=O)Oc1ccc(/C=C2/C(=O)N(c3cccc(Br)c3)N=C2C)cc1OC. The maximum Gasteiger partial charge on any atom is 0.311 e. The minimum atomic E-state index is -0.344. The van der Waals surface area contributed by atoms with Crippen LogP contribution in [0.15, 0.2) is 57.6 Å². The number of ether oxygens (including phenoxy) is 2. The summed E-state index contributed by atoms with van der Waals surface area (Å²) in [6, 6.07) is 12.5. The van der Waals surface area contributed by atoms with Gasteiger partial charge in [-0.15, -0.1) is 0 Å². The van der Waals surface area contributed by atoms with E-state index in [4.69, 9.17) is 9.47 Å². The van der Waals surface area contributed by atoms with Crippen molar-refractivity contribution in [1.82, 2.24) is 0 Å². The number of esters is 1. The van der Waals surface area contributed by atoms with Crippen LogP contribution in [0.1, 0.15) is 25.8 Å². The molecule has 0 N–H and O–H groups in total. The normalized spacial score (nSPS) is 15.0. The maximum absolute atomic E-state index is 12.9. The van der Waals surface area contributed by atoms with Crippen molar-refractivity contribution in [3.05, 3.63) is 58.1 Å². The van der Waals surface area contributed by atoms with Crippen molar-refractivity contribution in [2.24, 2.45) is 5.10 Å². The predicted octanol–water partition coefficient (Wildman–Crippen LogP) is 4.58. The Hall–Kier alpha value is -2.93. The molecular formula is C21H19BrN2O4. The second-order valence-corrected chi connectivity index (χ2v) is 6.99. The second-order valence-electron chi connectivity index (χ2n) is 6.08. The molecule has 0 bridgehead atoms. The Morgan fingerprint density at radius 3 is 2.68 bits per heavy atom. The van der Waals surface area contributed by atoms with Crippen molar-refractivity contribution in [2.45, 2.75) is 20.3 Å². The van der Waals surface area contributed by atoms with Crippen LogP contribution in [-0.2, 0) is 9.59 Å². The van der Waals surface area contributed by atoms with Crippen LogP contribution in [0.2, 0.25) is 0 Å². The van der Waals surface area contributed by atoms with Gasteiger partial charge in [0.1, 0.15) is 0 Å². The fourth-order valence-corrected chi connectivity index (χ4v) is 3.07. The van der Waals surface area contributed by atoms with E-state index in [1.165, 1.54) is 12.1 Å². The third kappa shape index (κ3) is 4.14. The lowest BCUT2D eigenvalue weighted by atomic mass is 10.1. The lowest BCUT2D eigenvalue weighted by molar-refractivity contribution is -0.134. The molecule has 1 aliphatic rings. The number of amides is 1. The Kier molecular flexibility index (Phi) is 5.94. The van der Waals surface area contributed by atoms with Crippen molar-refractivity contribution >= 4 is 45.3 Å². The van der Waals surface area contributed by atoms with E-state index in [2.05, 4.69) is 21.0 Å². The summed E-state index contributed by atoms with van der Waals surface area (Å²) in [6.45, 7) is 3.51. The number of hydrogen-bond donors (Lipinski definition) is 0. The molecule has 1 amide bonds. The van der Waals surface area contributed by atoms with Crippen molar-refractivity contribution < 1.29 is 19.1 Å². The summed E-state index contributed by atoms with van der Waals surface area (Å²) in [6.07, 6.45) is 2.01. The maximum atomic E-state index is 12.9. The number of rotatable bonds is 5. The summed E-state index contributed by atoms with van der Waals surface area (Å²) >= 11 is 3.41. The first kappa shape index (κ1) is 19.8. The standard InChI is InChI=1S/C21H19BrN2O4/c1-4-20(25)28-18-9-8-14(11-19(18)27-3)10-17-13(2)23-24(21(17)26)16-7-5-6-15(22)12-16/h5-12H,4H2,1-3H3/b17-10+. The number of carbonyl (C=O) groups excluding carboxylic acids is 2. The highest BCUT2D eigenvalue weighted by Gasteiger charge is 2.28. The van der Waals surface area contributed by atoms with E-state index < -0.39 is 0 Å². The minimum Gasteiger partial charge on any atom is -0.493 e. The van der Waals surface area contributed by atoms with Gasteiger partial charge in [-0.3, -0.25) is 9.59 Å². The van der Waals surface area contributed by atoms with Crippen molar-refractivity contribution in [3.8, 4) is 11.5 Å². The average Bonchev–Trinajstić information content (AvgIpc) is 2.97. The molecule has 2 aromatic rings. The molecule has 0 aliphatic carbocycles. The van der Waals surface area contributed by atoms with Crippen molar-refractivity contribution in [3.63, 3.8) is 0 Å². The van der Waals surface area contributed by atoms with Crippen LogP contribution >= 0.6 is 15.9 Å². The highest BCUT2D eigenvalue weighted by molar-refractivity contribution is 9.10. The van der Waals surface area contributed by atoms with Crippen molar-refractivity contribution in [2.75, 3.05) is 12.1 Å². The summed E-state index contributed by atoms with van der Waals surface area (Å²) in [5, 5.41) is 5.76. The Morgan fingerprint density at radius 2 is 2.00 bits per heavy atom. The number of anilines is 1. The monoisotopic (exact) mass is 442 g/mol. The molecule has 0 aromatic heterocycles. The zero-order valence-electron chi connectivity index (χ0n) is 15.7. The lowest BCUT2D eigenvalue weighted by Gasteiger charge is -2.12. The smallest absolute Gasteiger partial charge is 0.311 e. The molecule has 3 rings (SSSR count). The quantitative estimate of drug-likeness (QED) is 0.386. The predicted molar refractivity (Wildman–Crippen MR) is 112 cm³/mol. The Labute approximate surface area is 171 Å². The van der Waals surface area contributed by atoms with E-state index in [1.54, 1.807) is 38.1 Å². The Balaban J connectivity index is 1.90. The summed E-state index contributed by atoms with van der Waals surface area (Å²) in [4.78, 5) is 24.4. The van der Waals surface area contributed by atoms with Gasteiger partial charge in [0.25, 0.3) is 5.91 Å². The van der Waals surface area contributed by atoms with Gasteiger partial charge in [0.2, 0.25) is 0 Å². The fraction of sp³-hybridized carbons (Fsp3) is 0.190. The van der Waals surface area contributed by atoms with Gasteiger partial charge in [0.05, 0.1) is 24.1 Å². The summed E-state index contributed by atoms with van der Waals surface area (Å²) in [5.41, 5.74) is 2.52. The number of methoxy groups -OCH3 is 1. The fourth-order valence-electron chi connectivity index (χ4n) is 2.69. The molecule has 6 nitrogen and oxygen atoms in total. The first-order valence-electron chi connectivity index (χ1n) is 8.69. The molecule has 144 valence electrons. The Morgan fingerprint density at radius 1 is 1.21 bits per heavy atom. The number of nitrogens with zero attached hydrogens (tertiary/aromatic N) is 2. The van der Waals surface area contributed by atoms with Gasteiger partial charge in [0, 0.05) is 10.9 Å². The van der Waals surface area contributed by atoms with Crippen LogP contribution in [0.5, 0.6) is 11.5 Å². The zero-order chi connectivity index (χ0) is 20.3. The van der Waals surface area contributed by atoms with Gasteiger partial charge in [-0.05, 0) is 48.9 Å². The molecule has 0 spiro atoms. The Bertz CT molecular complexity index is 998. The largest absolute Gasteiger partial charge is 0.493 e. The number of hydrazone groups is 1. The van der Waals surface area contributed by atoms with Gasteiger partial charge in [-0.25, -0.2) is 0 Å². The van der Waals surface area contributed by atoms with Crippen molar-refractivity contribution in [1.29, 1.82) is 0 Å². The van der Waals surface area contributed by atoms with Gasteiger partial charge >= 0.3 is 5.97 Å². The molecule has 0 unspecified atom stereocenters. The minimum absolute atomic E-state index is 0.212. The topological polar surface area (TPSA) is 68.2 Å². The van der Waals surface area contributed by atoms with E-state index >= 15 is 0 Å². The third-order valence-corrected chi connectivity index (χ3v) is 4.62. The van der Waals surface area contributed by atoms with Gasteiger partial charge in [-0.1, -0.05) is 35.0 Å². The van der Waals surface area contributed by atoms with Crippen LogP contribution < -0.4 is 14.5 Å². The third-order valence-electron chi connectivity index (χ3n) is 4.13. The highest BCUT2D eigenvalue weighted by Crippen LogP contribution is 2.31. The van der Waals surface area contributed by atoms with Gasteiger partial charge in [0.15, 0.2) is 11.5 Å². The molecule has 0 saturated heterocycles. The van der Waals surface area contributed by atoms with E-state index in [0.717, 1.165) is 10.0 Å². The van der Waals surface area contributed by atoms with E-state index in [9.17, 15) is 9.59 Å². The molecule has 28 heavy (non-hydrogen) atoms. The number of carbonyl (C=O) groups is 2. The van der Waals surface area contributed by atoms with Gasteiger partial charge in [-0.2, -0.15) is 10.1 Å². The molecule has 0 fully saturated rings. The molecule has 1 aliphatic heterocycles. The van der Waals surface area contributed by atoms with Crippen LogP contribution in [0.4, 0.5) is 5.69 Å². The van der Waals surface area contributed by atoms with Crippen LogP contribution in [0.3, 0.4) is 0 Å². The highest BCUT2D eigenvalue weighted by atomic mass is 79.9. The van der Waals surface area contributed by atoms with Crippen LogP contribution in [0, 0.1) is 0 Å². The molecule has 1 heterocycles. The van der Waals surface area contributed by atoms with E-state index in [-0.39, 0.29) is 18.3 Å². The first-order chi connectivity index (χ1) is 13.4. The molecule has 0 radical (unpaired) electrons. The molecule has 0 atom stereocenters. The molecular weight excluding hydrogens is 424 g/mol. The zero-order valence-corrected chi connectivity index (χ0v) is 17.3. The lowest BCUT2D eigenvalue weighted by Crippen LogP contribution is -2.21. The number of halogens is 1. The van der Waals surface area contributed by atoms with E-state index in [1.807, 2.05) is 24.3 Å². The number of benzene rings is 2. The first-order valence-corrected chi connectivity index (χ1v) is 9.48. The summed E-state index contributed by atoms with van der Waals surface area (Å²) in [5.74, 6) is 0.203. The average molecular weight is 443 g/mol. The summed E-state index contributed by atoms with van der Waals surface area (Å²) < 4.78 is 11.4. The van der Waals surface area contributed by atoms with Crippen LogP contribution in [0.25, 0.3) is 6.08 Å². The second kappa shape index (κ2) is 8.39. The van der Waals surface area contributed by atoms with E-state index in [0.29, 0.717) is 28.5 Å². The van der Waals surface area contributed by atoms with Gasteiger partial charge < -0.3 is 9.47 Å². The summed E-state index contributed by atoms with van der Waals surface area (Å²) in [7, 11) is 1.50. The molecule has 2 aromatic carbocycles. The number of hydrogen-bond acceptors (Lipinski definition) is 5. The molecule has 7 heteroatoms. The molecule has 0 saturated carbocycles.